The van der Waals surface area contributed by atoms with Crippen LogP contribution in [-0.4, -0.2) is 53.2 Å². The van der Waals surface area contributed by atoms with Crippen LogP contribution in [0.5, 0.6) is 0 Å². The average Bonchev–Trinajstić information content (AvgIpc) is 3.34. The van der Waals surface area contributed by atoms with Crippen molar-refractivity contribution in [2.45, 2.75) is 56.7 Å². The summed E-state index contributed by atoms with van der Waals surface area (Å²) >= 11 is 0. The molecule has 31 heavy (non-hydrogen) atoms. The van der Waals surface area contributed by atoms with Crippen LogP contribution in [0.4, 0.5) is 0 Å². The summed E-state index contributed by atoms with van der Waals surface area (Å²) < 4.78 is 6.81. The molecule has 1 aliphatic heterocycles. The molecule has 1 aromatic carbocycles. The van der Waals surface area contributed by atoms with Gasteiger partial charge in [-0.3, -0.25) is 4.79 Å². The minimum Gasteiger partial charge on any atom is -0.837 e. The van der Waals surface area contributed by atoms with E-state index in [0.29, 0.717) is 5.56 Å². The van der Waals surface area contributed by atoms with Gasteiger partial charge in [0.25, 0.3) is 0 Å². The number of esters is 1. The second-order valence-electron chi connectivity index (χ2n) is 9.50. The summed E-state index contributed by atoms with van der Waals surface area (Å²) in [4.78, 5) is 21.5. The van der Waals surface area contributed by atoms with Crippen molar-refractivity contribution in [3.05, 3.63) is 60.2 Å². The number of likely N-dealkylation sites (N-methyl/N-ethyl adjacent to an activating group) is 1. The maximum atomic E-state index is 14.1. The van der Waals surface area contributed by atoms with E-state index in [1.165, 1.54) is 0 Å². The SMILES string of the molecule is C[N@+]1(CCc2cncnc2)CCCC(OC(=O)C([O-])(c2ccccc2)C2CCCC2)C1. The molecule has 4 rings (SSSR count). The number of piperidine rings is 1. The number of carbonyl (C=O) groups is 1. The predicted octanol–water partition coefficient (Wildman–Crippen LogP) is 2.62. The van der Waals surface area contributed by atoms with Crippen LogP contribution < -0.4 is 5.11 Å². The first kappa shape index (κ1) is 21.9. The molecule has 0 bridgehead atoms. The number of benzene rings is 1. The number of hydrogen-bond donors (Lipinski definition) is 0. The minimum atomic E-state index is -1.81. The summed E-state index contributed by atoms with van der Waals surface area (Å²) in [5.74, 6) is -0.773. The monoisotopic (exact) mass is 423 g/mol. The second kappa shape index (κ2) is 9.45. The Morgan fingerprint density at radius 3 is 2.55 bits per heavy atom. The van der Waals surface area contributed by atoms with Crippen LogP contribution in [0.25, 0.3) is 0 Å². The molecular weight excluding hydrogens is 390 g/mol. The molecule has 2 heterocycles. The highest BCUT2D eigenvalue weighted by molar-refractivity contribution is 5.81. The highest BCUT2D eigenvalue weighted by Crippen LogP contribution is 2.40. The van der Waals surface area contributed by atoms with Gasteiger partial charge in [-0.25, -0.2) is 9.97 Å². The molecule has 1 aliphatic carbocycles. The van der Waals surface area contributed by atoms with Crippen molar-refractivity contribution in [2.75, 3.05) is 26.7 Å². The summed E-state index contributed by atoms with van der Waals surface area (Å²) in [6, 6.07) is 9.13. The Morgan fingerprint density at radius 2 is 1.84 bits per heavy atom. The Hall–Kier alpha value is -2.31. The van der Waals surface area contributed by atoms with Gasteiger partial charge in [-0.1, -0.05) is 56.0 Å². The van der Waals surface area contributed by atoms with Gasteiger partial charge in [0, 0.05) is 30.8 Å². The molecule has 0 spiro atoms. The maximum Gasteiger partial charge on any atom is 0.300 e. The standard InChI is InChI=1S/C25H33N3O3/c1-28(15-13-20-16-26-19-27-17-20)14-7-12-23(18-28)31-24(29)25(30,22-10-5-6-11-22)21-8-3-2-4-9-21/h2-4,8-9,16-17,19,22-23H,5-7,10-15,18H2,1H3/t23?,25?,28-/m1/s1. The van der Waals surface area contributed by atoms with Crippen LogP contribution in [0.15, 0.2) is 49.1 Å². The molecule has 1 saturated carbocycles. The van der Waals surface area contributed by atoms with Gasteiger partial charge >= 0.3 is 5.97 Å². The molecule has 0 N–H and O–H groups in total. The molecule has 2 aliphatic rings. The molecule has 6 heteroatoms. The first-order valence-electron chi connectivity index (χ1n) is 11.5. The van der Waals surface area contributed by atoms with Gasteiger partial charge in [0.15, 0.2) is 6.10 Å². The summed E-state index contributed by atoms with van der Waals surface area (Å²) in [5.41, 5.74) is -0.145. The number of carbonyl (C=O) groups excluding carboxylic acids is 1. The zero-order chi connectivity index (χ0) is 21.7. The fraction of sp³-hybridized carbons (Fsp3) is 0.560. The molecule has 0 radical (unpaired) electrons. The molecular formula is C25H33N3O3. The highest BCUT2D eigenvalue weighted by Gasteiger charge is 2.42. The van der Waals surface area contributed by atoms with Crippen LogP contribution in [0.1, 0.15) is 49.7 Å². The third kappa shape index (κ3) is 4.96. The number of hydrogen-bond acceptors (Lipinski definition) is 5. The molecule has 2 fully saturated rings. The van der Waals surface area contributed by atoms with Crippen molar-refractivity contribution in [2.24, 2.45) is 5.92 Å². The summed E-state index contributed by atoms with van der Waals surface area (Å²) in [6.07, 6.45) is 11.4. The number of rotatable bonds is 7. The smallest absolute Gasteiger partial charge is 0.300 e. The Labute approximate surface area is 184 Å². The van der Waals surface area contributed by atoms with Gasteiger partial charge < -0.3 is 14.3 Å². The largest absolute Gasteiger partial charge is 0.837 e. The lowest BCUT2D eigenvalue weighted by molar-refractivity contribution is -0.916. The van der Waals surface area contributed by atoms with Crippen LogP contribution in [-0.2, 0) is 21.6 Å². The molecule has 1 saturated heterocycles. The quantitative estimate of drug-likeness (QED) is 0.506. The summed E-state index contributed by atoms with van der Waals surface area (Å²) in [6.45, 7) is 2.73. The van der Waals surface area contributed by atoms with E-state index in [-0.39, 0.29) is 12.0 Å². The van der Waals surface area contributed by atoms with Crippen LogP contribution in [0.2, 0.25) is 0 Å². The Bertz CT molecular complexity index is 857. The van der Waals surface area contributed by atoms with Crippen molar-refractivity contribution < 1.29 is 19.1 Å². The fourth-order valence-corrected chi connectivity index (χ4v) is 5.31. The topological polar surface area (TPSA) is 75.1 Å². The van der Waals surface area contributed by atoms with E-state index in [1.54, 1.807) is 18.5 Å². The van der Waals surface area contributed by atoms with Gasteiger partial charge in [-0.15, -0.1) is 0 Å². The number of nitrogens with zero attached hydrogens (tertiary/aromatic N) is 3. The van der Waals surface area contributed by atoms with E-state index < -0.39 is 11.6 Å². The third-order valence-electron chi connectivity index (χ3n) is 7.13. The van der Waals surface area contributed by atoms with Gasteiger partial charge in [0.2, 0.25) is 0 Å². The lowest BCUT2D eigenvalue weighted by Gasteiger charge is -2.46. The Balaban J connectivity index is 1.44. The zero-order valence-electron chi connectivity index (χ0n) is 18.4. The molecule has 6 nitrogen and oxygen atoms in total. The van der Waals surface area contributed by atoms with E-state index in [2.05, 4.69) is 17.0 Å². The van der Waals surface area contributed by atoms with Gasteiger partial charge in [0.05, 0.1) is 20.1 Å². The normalized spacial score (nSPS) is 26.3. The first-order chi connectivity index (χ1) is 15.0. The predicted molar refractivity (Wildman–Crippen MR) is 116 cm³/mol. The Morgan fingerprint density at radius 1 is 1.13 bits per heavy atom. The minimum absolute atomic E-state index is 0.190. The lowest BCUT2D eigenvalue weighted by atomic mass is 9.80. The van der Waals surface area contributed by atoms with E-state index in [0.717, 1.165) is 74.6 Å². The Kier molecular flexibility index (Phi) is 6.68. The molecule has 3 atom stereocenters. The third-order valence-corrected chi connectivity index (χ3v) is 7.13. The average molecular weight is 424 g/mol. The number of aromatic nitrogens is 2. The van der Waals surface area contributed by atoms with Gasteiger partial charge in [0.1, 0.15) is 12.9 Å². The van der Waals surface area contributed by atoms with E-state index in [1.807, 2.05) is 30.6 Å². The highest BCUT2D eigenvalue weighted by atomic mass is 16.6. The summed E-state index contributed by atoms with van der Waals surface area (Å²) in [7, 11) is 2.21. The van der Waals surface area contributed by atoms with Gasteiger partial charge in [-0.2, -0.15) is 0 Å². The van der Waals surface area contributed by atoms with Crippen LogP contribution >= 0.6 is 0 Å². The second-order valence-corrected chi connectivity index (χ2v) is 9.50. The van der Waals surface area contributed by atoms with Crippen molar-refractivity contribution in [1.82, 2.24) is 9.97 Å². The van der Waals surface area contributed by atoms with Crippen LogP contribution in [0.3, 0.4) is 0 Å². The van der Waals surface area contributed by atoms with Gasteiger partial charge in [-0.05, 0) is 23.5 Å². The van der Waals surface area contributed by atoms with Crippen molar-refractivity contribution in [3.8, 4) is 0 Å². The number of quaternary nitrogens is 1. The van der Waals surface area contributed by atoms with Crippen LogP contribution in [0, 0.1) is 5.92 Å². The molecule has 166 valence electrons. The molecule has 2 aromatic rings. The van der Waals surface area contributed by atoms with Crippen molar-refractivity contribution in [3.63, 3.8) is 0 Å². The van der Waals surface area contributed by atoms with Crippen molar-refractivity contribution >= 4 is 5.97 Å². The molecule has 0 amide bonds. The van der Waals surface area contributed by atoms with E-state index in [9.17, 15) is 9.90 Å². The fourth-order valence-electron chi connectivity index (χ4n) is 5.31. The van der Waals surface area contributed by atoms with E-state index >= 15 is 0 Å². The zero-order valence-corrected chi connectivity index (χ0v) is 18.4. The first-order valence-corrected chi connectivity index (χ1v) is 11.5. The number of ether oxygens (including phenoxy) is 1. The molecule has 1 aromatic heterocycles. The molecule has 2 unspecified atom stereocenters. The van der Waals surface area contributed by atoms with Crippen molar-refractivity contribution in [1.29, 1.82) is 0 Å². The lowest BCUT2D eigenvalue weighted by Crippen LogP contribution is -2.58. The summed E-state index contributed by atoms with van der Waals surface area (Å²) in [5, 5.41) is 14.1. The number of likely N-dealkylation sites (tertiary alicyclic amines) is 1. The van der Waals surface area contributed by atoms with E-state index in [4.69, 9.17) is 4.74 Å². The maximum absolute atomic E-state index is 14.1.